The maximum atomic E-state index is 14.4. The third kappa shape index (κ3) is 3.29. The van der Waals surface area contributed by atoms with Crippen LogP contribution in [0.25, 0.3) is 5.69 Å². The molecule has 0 saturated carbocycles. The van der Waals surface area contributed by atoms with Gasteiger partial charge in [-0.05, 0) is 18.6 Å². The van der Waals surface area contributed by atoms with Gasteiger partial charge in [0.2, 0.25) is 15.9 Å². The molecule has 0 fully saturated rings. The van der Waals surface area contributed by atoms with Crippen LogP contribution >= 0.6 is 23.2 Å². The van der Waals surface area contributed by atoms with Gasteiger partial charge in [0, 0.05) is 13.0 Å². The van der Waals surface area contributed by atoms with Gasteiger partial charge in [0.05, 0.1) is 28.2 Å². The predicted molar refractivity (Wildman–Crippen MR) is 94.3 cm³/mol. The molecule has 1 aromatic heterocycles. The van der Waals surface area contributed by atoms with Crippen LogP contribution in [0.15, 0.2) is 16.9 Å². The number of aromatic nitrogens is 2. The summed E-state index contributed by atoms with van der Waals surface area (Å²) in [7, 11) is -3.92. The van der Waals surface area contributed by atoms with Gasteiger partial charge in [0.1, 0.15) is 11.0 Å². The summed E-state index contributed by atoms with van der Waals surface area (Å²) in [5, 5.41) is 19.1. The molecule has 26 heavy (non-hydrogen) atoms. The Hall–Kier alpha value is -1.75. The topological polar surface area (TPSA) is 114 Å². The molecule has 3 rings (SSSR count). The monoisotopic (exact) mass is 425 g/mol. The van der Waals surface area contributed by atoms with E-state index < -0.39 is 38.7 Å². The molecule has 0 amide bonds. The van der Waals surface area contributed by atoms with Crippen LogP contribution in [0.2, 0.25) is 5.02 Å². The lowest BCUT2D eigenvalue weighted by Gasteiger charge is -2.18. The standard InChI is InChI=1S/C14H14Cl2FN3O5S/c15-6-26(24,25)18-10-5-11(9(17)4-8(10)16)20-13(22)12-3-7(21)1-2-19(12)14(20)23/h4-5,7,18,21-22H,1-3,6H2. The summed E-state index contributed by atoms with van der Waals surface area (Å²) in [6, 6.07) is 1.81. The first-order valence-corrected chi connectivity index (χ1v) is 9.98. The minimum absolute atomic E-state index is 0.0367. The minimum Gasteiger partial charge on any atom is -0.493 e. The molecular weight excluding hydrogens is 412 g/mol. The summed E-state index contributed by atoms with van der Waals surface area (Å²) in [5.41, 5.74) is -1.12. The van der Waals surface area contributed by atoms with Crippen LogP contribution in [-0.4, -0.2) is 39.1 Å². The van der Waals surface area contributed by atoms with E-state index in [1.54, 1.807) is 0 Å². The van der Waals surface area contributed by atoms with Crippen molar-refractivity contribution in [1.82, 2.24) is 9.13 Å². The molecule has 2 aromatic rings. The van der Waals surface area contributed by atoms with Gasteiger partial charge in [-0.15, -0.1) is 11.6 Å². The number of aliphatic hydroxyl groups excluding tert-OH is 1. The highest BCUT2D eigenvalue weighted by Crippen LogP contribution is 2.32. The van der Waals surface area contributed by atoms with Gasteiger partial charge in [-0.3, -0.25) is 9.29 Å². The molecule has 8 nitrogen and oxygen atoms in total. The Morgan fingerprint density at radius 1 is 1.38 bits per heavy atom. The molecule has 1 unspecified atom stereocenters. The Balaban J connectivity index is 2.18. The van der Waals surface area contributed by atoms with Crippen molar-refractivity contribution in [3.63, 3.8) is 0 Å². The van der Waals surface area contributed by atoms with Gasteiger partial charge in [-0.25, -0.2) is 22.2 Å². The number of anilines is 1. The van der Waals surface area contributed by atoms with Crippen molar-refractivity contribution in [2.45, 2.75) is 25.5 Å². The van der Waals surface area contributed by atoms with Crippen LogP contribution in [-0.2, 0) is 23.0 Å². The van der Waals surface area contributed by atoms with E-state index >= 15 is 0 Å². The number of benzene rings is 1. The Bertz CT molecular complexity index is 1030. The van der Waals surface area contributed by atoms with Crippen molar-refractivity contribution in [2.24, 2.45) is 0 Å². The molecule has 1 aliphatic heterocycles. The van der Waals surface area contributed by atoms with E-state index in [-0.39, 0.29) is 35.1 Å². The van der Waals surface area contributed by atoms with Gasteiger partial charge in [-0.1, -0.05) is 11.6 Å². The van der Waals surface area contributed by atoms with E-state index in [2.05, 4.69) is 4.72 Å². The molecule has 142 valence electrons. The van der Waals surface area contributed by atoms with Crippen molar-refractivity contribution in [2.75, 3.05) is 9.93 Å². The van der Waals surface area contributed by atoms with Crippen LogP contribution in [0.1, 0.15) is 12.1 Å². The van der Waals surface area contributed by atoms with Gasteiger partial charge in [-0.2, -0.15) is 0 Å². The zero-order valence-electron chi connectivity index (χ0n) is 13.1. The van der Waals surface area contributed by atoms with Crippen LogP contribution in [0, 0.1) is 5.82 Å². The first-order valence-electron chi connectivity index (χ1n) is 7.42. The van der Waals surface area contributed by atoms with Crippen molar-refractivity contribution < 1.29 is 23.0 Å². The van der Waals surface area contributed by atoms with E-state index in [1.165, 1.54) is 4.57 Å². The fourth-order valence-corrected chi connectivity index (χ4v) is 3.79. The molecule has 3 N–H and O–H groups in total. The number of rotatable bonds is 4. The quantitative estimate of drug-likeness (QED) is 0.640. The Morgan fingerprint density at radius 2 is 2.08 bits per heavy atom. The molecule has 0 radical (unpaired) electrons. The van der Waals surface area contributed by atoms with E-state index in [0.717, 1.165) is 12.1 Å². The number of alkyl halides is 1. The number of hydrogen-bond acceptors (Lipinski definition) is 5. The largest absolute Gasteiger partial charge is 0.493 e. The van der Waals surface area contributed by atoms with Crippen molar-refractivity contribution >= 4 is 38.9 Å². The lowest BCUT2D eigenvalue weighted by molar-refractivity contribution is 0.141. The highest BCUT2D eigenvalue weighted by atomic mass is 35.5. The number of halogens is 3. The van der Waals surface area contributed by atoms with Gasteiger partial charge >= 0.3 is 5.69 Å². The van der Waals surface area contributed by atoms with Crippen LogP contribution in [0.4, 0.5) is 10.1 Å². The summed E-state index contributed by atoms with van der Waals surface area (Å²) >= 11 is 11.2. The highest BCUT2D eigenvalue weighted by molar-refractivity contribution is 7.93. The minimum atomic E-state index is -3.92. The lowest BCUT2D eigenvalue weighted by Crippen LogP contribution is -2.30. The average molecular weight is 426 g/mol. The lowest BCUT2D eigenvalue weighted by atomic mass is 10.1. The number of fused-ring (bicyclic) bond motifs is 1. The Kier molecular flexibility index (Phi) is 4.95. The van der Waals surface area contributed by atoms with E-state index in [1.807, 2.05) is 0 Å². The average Bonchev–Trinajstić information content (AvgIpc) is 2.81. The summed E-state index contributed by atoms with van der Waals surface area (Å²) < 4.78 is 41.7. The normalized spacial score (nSPS) is 17.2. The molecule has 1 atom stereocenters. The summed E-state index contributed by atoms with van der Waals surface area (Å²) in [5.74, 6) is -1.47. The second-order valence-electron chi connectivity index (χ2n) is 5.80. The van der Waals surface area contributed by atoms with Gasteiger partial charge in [0.25, 0.3) is 0 Å². The van der Waals surface area contributed by atoms with Gasteiger partial charge in [0.15, 0.2) is 0 Å². The number of imidazole rings is 1. The maximum absolute atomic E-state index is 14.4. The summed E-state index contributed by atoms with van der Waals surface area (Å²) in [4.78, 5) is 12.6. The van der Waals surface area contributed by atoms with E-state index in [0.29, 0.717) is 11.0 Å². The first-order chi connectivity index (χ1) is 12.1. The molecule has 2 heterocycles. The third-order valence-electron chi connectivity index (χ3n) is 4.02. The summed E-state index contributed by atoms with van der Waals surface area (Å²) in [6.45, 7) is 0.164. The molecule has 0 saturated heterocycles. The van der Waals surface area contributed by atoms with E-state index in [9.17, 15) is 27.8 Å². The van der Waals surface area contributed by atoms with Crippen LogP contribution < -0.4 is 10.4 Å². The zero-order chi connectivity index (χ0) is 19.2. The number of hydrogen-bond donors (Lipinski definition) is 3. The van der Waals surface area contributed by atoms with Crippen LogP contribution in [0.5, 0.6) is 5.88 Å². The second-order valence-corrected chi connectivity index (χ2v) is 8.51. The van der Waals surface area contributed by atoms with Crippen molar-refractivity contribution in [1.29, 1.82) is 0 Å². The van der Waals surface area contributed by atoms with Crippen molar-refractivity contribution in [3.05, 3.63) is 39.2 Å². The molecule has 0 spiro atoms. The van der Waals surface area contributed by atoms with Crippen LogP contribution in [0.3, 0.4) is 0 Å². The third-order valence-corrected chi connectivity index (χ3v) is 6.01. The number of nitrogens with one attached hydrogen (secondary N) is 1. The molecule has 0 bridgehead atoms. The second kappa shape index (κ2) is 6.76. The fourth-order valence-electron chi connectivity index (χ4n) is 2.81. The first kappa shape index (κ1) is 19.0. The molecule has 1 aromatic carbocycles. The predicted octanol–water partition coefficient (Wildman–Crippen LogP) is 1.38. The summed E-state index contributed by atoms with van der Waals surface area (Å²) in [6.07, 6.45) is -0.368. The number of aliphatic hydroxyl groups is 1. The van der Waals surface area contributed by atoms with Gasteiger partial charge < -0.3 is 10.2 Å². The molecule has 1 aliphatic rings. The van der Waals surface area contributed by atoms with E-state index in [4.69, 9.17) is 23.2 Å². The van der Waals surface area contributed by atoms with Crippen molar-refractivity contribution in [3.8, 4) is 11.6 Å². The number of nitrogens with zero attached hydrogens (tertiary/aromatic N) is 2. The zero-order valence-corrected chi connectivity index (χ0v) is 15.4. The SMILES string of the molecule is O=c1n2c(c(O)n1-c1cc(NS(=O)(=O)CCl)c(Cl)cc1F)CC(O)CC2. The highest BCUT2D eigenvalue weighted by Gasteiger charge is 2.28. The fraction of sp³-hybridized carbons (Fsp3) is 0.357. The number of aromatic hydroxyl groups is 1. The molecular formula is C14H14Cl2FN3O5S. The Labute approximate surface area is 157 Å². The Morgan fingerprint density at radius 3 is 2.73 bits per heavy atom. The smallest absolute Gasteiger partial charge is 0.336 e. The molecule has 0 aliphatic carbocycles. The number of sulfonamides is 1. The maximum Gasteiger partial charge on any atom is 0.336 e. The molecule has 12 heteroatoms.